The van der Waals surface area contributed by atoms with Crippen molar-refractivity contribution in [1.82, 2.24) is 5.32 Å². The highest BCUT2D eigenvalue weighted by molar-refractivity contribution is 6.39. The van der Waals surface area contributed by atoms with Crippen LogP contribution < -0.4 is 24.4 Å². The normalized spacial score (nSPS) is 14.6. The first-order valence-corrected chi connectivity index (χ1v) is 11.5. The molecule has 9 heteroatoms. The maximum Gasteiger partial charge on any atom is 0.335 e. The summed E-state index contributed by atoms with van der Waals surface area (Å²) in [5, 5.41) is 2.81. The fourth-order valence-electron chi connectivity index (χ4n) is 3.58. The van der Waals surface area contributed by atoms with Crippen LogP contribution in [0, 0.1) is 0 Å². The Labute approximate surface area is 213 Å². The lowest BCUT2D eigenvalue weighted by Crippen LogP contribution is -2.54. The van der Waals surface area contributed by atoms with Gasteiger partial charge in [-0.25, -0.2) is 9.69 Å². The molecule has 1 aliphatic rings. The van der Waals surface area contributed by atoms with Crippen molar-refractivity contribution in [1.29, 1.82) is 0 Å². The Bertz CT molecular complexity index is 1340. The summed E-state index contributed by atoms with van der Waals surface area (Å²) >= 11 is 6.16. The Morgan fingerprint density at radius 3 is 2.39 bits per heavy atom. The molecule has 0 aromatic heterocycles. The first-order chi connectivity index (χ1) is 17.4. The van der Waals surface area contributed by atoms with E-state index in [1.54, 1.807) is 48.5 Å². The van der Waals surface area contributed by atoms with Crippen LogP contribution in [0.15, 0.2) is 72.3 Å². The van der Waals surface area contributed by atoms with Crippen LogP contribution >= 0.6 is 11.6 Å². The van der Waals surface area contributed by atoms with Crippen LogP contribution in [0.3, 0.4) is 0 Å². The summed E-state index contributed by atoms with van der Waals surface area (Å²) in [7, 11) is 1.52. The van der Waals surface area contributed by atoms with Gasteiger partial charge in [-0.1, -0.05) is 35.9 Å². The molecule has 1 heterocycles. The summed E-state index contributed by atoms with van der Waals surface area (Å²) in [4.78, 5) is 39.1. The fourth-order valence-corrected chi connectivity index (χ4v) is 3.77. The third-order valence-electron chi connectivity index (χ3n) is 5.35. The maximum absolute atomic E-state index is 13.2. The monoisotopic (exact) mass is 506 g/mol. The van der Waals surface area contributed by atoms with Crippen molar-refractivity contribution in [3.05, 3.63) is 88.5 Å². The van der Waals surface area contributed by atoms with E-state index in [1.807, 2.05) is 25.1 Å². The molecular weight excluding hydrogens is 484 g/mol. The highest BCUT2D eigenvalue weighted by atomic mass is 35.5. The summed E-state index contributed by atoms with van der Waals surface area (Å²) in [5.74, 6) is -0.0144. The zero-order chi connectivity index (χ0) is 25.7. The maximum atomic E-state index is 13.2. The molecule has 1 saturated heterocycles. The van der Waals surface area contributed by atoms with E-state index >= 15 is 0 Å². The van der Waals surface area contributed by atoms with Crippen LogP contribution in [0.2, 0.25) is 5.02 Å². The predicted octanol–water partition coefficient (Wildman–Crippen LogP) is 4.99. The van der Waals surface area contributed by atoms with Crippen molar-refractivity contribution in [2.24, 2.45) is 0 Å². The standard InChI is InChI=1S/C27H23ClN2O6/c1-3-35-24-15-17(8-13-23(24)34-2)14-21-25(31)29-27(33)30(26(21)32)19-9-11-20(12-10-19)36-16-18-6-4-5-7-22(18)28/h4-15H,3,16H2,1-2H3,(H,29,31,33)/b21-14+. The molecule has 3 aromatic rings. The zero-order valence-electron chi connectivity index (χ0n) is 19.6. The van der Waals surface area contributed by atoms with Crippen LogP contribution in [0.4, 0.5) is 10.5 Å². The molecule has 0 saturated carbocycles. The predicted molar refractivity (Wildman–Crippen MR) is 135 cm³/mol. The van der Waals surface area contributed by atoms with E-state index in [2.05, 4.69) is 5.32 Å². The zero-order valence-corrected chi connectivity index (χ0v) is 20.4. The van der Waals surface area contributed by atoms with E-state index in [4.69, 9.17) is 25.8 Å². The van der Waals surface area contributed by atoms with Crippen LogP contribution in [0.25, 0.3) is 6.08 Å². The van der Waals surface area contributed by atoms with E-state index in [0.29, 0.717) is 34.4 Å². The van der Waals surface area contributed by atoms with Crippen molar-refractivity contribution < 1.29 is 28.6 Å². The number of hydrogen-bond donors (Lipinski definition) is 1. The molecule has 36 heavy (non-hydrogen) atoms. The van der Waals surface area contributed by atoms with Crippen molar-refractivity contribution in [2.75, 3.05) is 18.6 Å². The van der Waals surface area contributed by atoms with Gasteiger partial charge in [0.2, 0.25) is 0 Å². The number of urea groups is 1. The highest BCUT2D eigenvalue weighted by Crippen LogP contribution is 2.30. The number of ether oxygens (including phenoxy) is 3. The number of methoxy groups -OCH3 is 1. The molecule has 1 aliphatic heterocycles. The Balaban J connectivity index is 1.55. The van der Waals surface area contributed by atoms with Crippen LogP contribution in [-0.2, 0) is 16.2 Å². The molecule has 0 radical (unpaired) electrons. The Morgan fingerprint density at radius 2 is 1.69 bits per heavy atom. The summed E-state index contributed by atoms with van der Waals surface area (Å²) in [5.41, 5.74) is 1.45. The molecule has 1 N–H and O–H groups in total. The highest BCUT2D eigenvalue weighted by Gasteiger charge is 2.36. The van der Waals surface area contributed by atoms with Gasteiger partial charge in [0.05, 0.1) is 19.4 Å². The van der Waals surface area contributed by atoms with Crippen LogP contribution in [-0.4, -0.2) is 31.6 Å². The fraction of sp³-hybridized carbons (Fsp3) is 0.148. The summed E-state index contributed by atoms with van der Waals surface area (Å²) in [6.07, 6.45) is 1.40. The molecule has 0 spiro atoms. The molecule has 0 bridgehead atoms. The number of carbonyl (C=O) groups is 3. The van der Waals surface area contributed by atoms with Gasteiger partial charge in [-0.2, -0.15) is 0 Å². The number of hydrogen-bond acceptors (Lipinski definition) is 6. The van der Waals surface area contributed by atoms with Gasteiger partial charge in [0, 0.05) is 10.6 Å². The first-order valence-electron chi connectivity index (χ1n) is 11.1. The molecule has 0 aliphatic carbocycles. The van der Waals surface area contributed by atoms with Crippen molar-refractivity contribution in [2.45, 2.75) is 13.5 Å². The number of barbiturate groups is 1. The third-order valence-corrected chi connectivity index (χ3v) is 5.72. The lowest BCUT2D eigenvalue weighted by atomic mass is 10.1. The van der Waals surface area contributed by atoms with E-state index in [1.165, 1.54) is 13.2 Å². The lowest BCUT2D eigenvalue weighted by Gasteiger charge is -2.26. The van der Waals surface area contributed by atoms with Crippen molar-refractivity contribution in [3.63, 3.8) is 0 Å². The second kappa shape index (κ2) is 11.0. The molecule has 4 amide bonds. The largest absolute Gasteiger partial charge is 0.493 e. The molecule has 0 unspecified atom stereocenters. The Morgan fingerprint density at radius 1 is 0.944 bits per heavy atom. The smallest absolute Gasteiger partial charge is 0.335 e. The number of halogens is 1. The molecule has 0 atom stereocenters. The van der Waals surface area contributed by atoms with Gasteiger partial charge < -0.3 is 14.2 Å². The molecular formula is C27H23ClN2O6. The number of anilines is 1. The summed E-state index contributed by atoms with van der Waals surface area (Å²) in [6.45, 7) is 2.50. The molecule has 184 valence electrons. The molecule has 1 fully saturated rings. The molecule has 4 rings (SSSR count). The molecule has 8 nitrogen and oxygen atoms in total. The average molecular weight is 507 g/mol. The number of benzene rings is 3. The van der Waals surface area contributed by atoms with Crippen molar-refractivity contribution in [3.8, 4) is 17.2 Å². The minimum absolute atomic E-state index is 0.193. The van der Waals surface area contributed by atoms with Gasteiger partial charge in [-0.05, 0) is 61.0 Å². The summed E-state index contributed by atoms with van der Waals surface area (Å²) < 4.78 is 16.6. The Hall–Kier alpha value is -4.30. The quantitative estimate of drug-likeness (QED) is 0.341. The third kappa shape index (κ3) is 5.34. The van der Waals surface area contributed by atoms with Gasteiger partial charge in [0.25, 0.3) is 11.8 Å². The SMILES string of the molecule is CCOc1cc(/C=C2\C(=O)NC(=O)N(c3ccc(OCc4ccccc4Cl)cc3)C2=O)ccc1OC. The van der Waals surface area contributed by atoms with E-state index in [9.17, 15) is 14.4 Å². The average Bonchev–Trinajstić information content (AvgIpc) is 2.87. The number of imide groups is 2. The van der Waals surface area contributed by atoms with Gasteiger partial charge in [0.15, 0.2) is 11.5 Å². The summed E-state index contributed by atoms with van der Waals surface area (Å²) in [6, 6.07) is 17.9. The number of amides is 4. The minimum Gasteiger partial charge on any atom is -0.493 e. The van der Waals surface area contributed by atoms with Crippen molar-refractivity contribution >= 4 is 41.2 Å². The number of nitrogens with zero attached hydrogens (tertiary/aromatic N) is 1. The number of nitrogens with one attached hydrogen (secondary N) is 1. The van der Waals surface area contributed by atoms with E-state index < -0.39 is 17.8 Å². The number of carbonyl (C=O) groups excluding carboxylic acids is 3. The first kappa shape index (κ1) is 24.8. The van der Waals surface area contributed by atoms with Gasteiger partial charge in [-0.3, -0.25) is 14.9 Å². The topological polar surface area (TPSA) is 94.2 Å². The second-order valence-corrected chi connectivity index (χ2v) is 8.08. The van der Waals surface area contributed by atoms with Gasteiger partial charge in [0.1, 0.15) is 17.9 Å². The van der Waals surface area contributed by atoms with Crippen LogP contribution in [0.1, 0.15) is 18.1 Å². The van der Waals surface area contributed by atoms with E-state index in [-0.39, 0.29) is 17.9 Å². The number of rotatable bonds is 8. The Kier molecular flexibility index (Phi) is 7.56. The van der Waals surface area contributed by atoms with E-state index in [0.717, 1.165) is 10.5 Å². The molecule has 3 aromatic carbocycles. The van der Waals surface area contributed by atoms with Crippen LogP contribution in [0.5, 0.6) is 17.2 Å². The van der Waals surface area contributed by atoms with Gasteiger partial charge in [-0.15, -0.1) is 0 Å². The second-order valence-electron chi connectivity index (χ2n) is 7.68. The minimum atomic E-state index is -0.836. The lowest BCUT2D eigenvalue weighted by molar-refractivity contribution is -0.122. The van der Waals surface area contributed by atoms with Gasteiger partial charge >= 0.3 is 6.03 Å².